The third-order valence-corrected chi connectivity index (χ3v) is 4.67. The molecule has 4 rings (SSSR count). The van der Waals surface area contributed by atoms with Gasteiger partial charge >= 0.3 is 6.09 Å². The highest BCUT2D eigenvalue weighted by atomic mass is 19.1. The molecule has 10 nitrogen and oxygen atoms in total. The number of benzene rings is 1. The number of rotatable bonds is 6. The van der Waals surface area contributed by atoms with E-state index >= 15 is 0 Å². The Morgan fingerprint density at radius 3 is 2.86 bits per heavy atom. The van der Waals surface area contributed by atoms with Crippen LogP contribution in [0.15, 0.2) is 18.2 Å². The lowest BCUT2D eigenvalue weighted by Gasteiger charge is -2.29. The first-order chi connectivity index (χ1) is 13.6. The summed E-state index contributed by atoms with van der Waals surface area (Å²) in [6.07, 6.45) is -0.712. The van der Waals surface area contributed by atoms with Crippen LogP contribution in [0.25, 0.3) is 0 Å². The number of morpholine rings is 1. The minimum atomic E-state index is -0.542. The van der Waals surface area contributed by atoms with Gasteiger partial charge in [-0.3, -0.25) is 4.90 Å². The molecule has 2 fully saturated rings. The second kappa shape index (κ2) is 8.07. The minimum absolute atomic E-state index is 0.0656. The quantitative estimate of drug-likeness (QED) is 0.744. The molecule has 1 aromatic heterocycles. The van der Waals surface area contributed by atoms with Crippen LogP contribution in [0, 0.1) is 5.82 Å². The Hall–Kier alpha value is -2.79. The lowest BCUT2D eigenvalue weighted by Crippen LogP contribution is -2.36. The van der Waals surface area contributed by atoms with E-state index in [1.807, 2.05) is 4.90 Å². The zero-order valence-electron chi connectivity index (χ0n) is 15.2. The van der Waals surface area contributed by atoms with Crippen LogP contribution < -0.4 is 9.80 Å². The third-order valence-electron chi connectivity index (χ3n) is 4.67. The van der Waals surface area contributed by atoms with E-state index in [1.165, 1.54) is 15.8 Å². The number of tetrazole rings is 1. The van der Waals surface area contributed by atoms with E-state index in [1.54, 1.807) is 12.1 Å². The van der Waals surface area contributed by atoms with Crippen LogP contribution in [-0.4, -0.2) is 77.0 Å². The van der Waals surface area contributed by atoms with Crippen molar-refractivity contribution in [3.8, 4) is 0 Å². The van der Waals surface area contributed by atoms with E-state index in [0.717, 1.165) is 0 Å². The van der Waals surface area contributed by atoms with Crippen molar-refractivity contribution < 1.29 is 23.8 Å². The lowest BCUT2D eigenvalue weighted by atomic mass is 10.2. The van der Waals surface area contributed by atoms with E-state index in [0.29, 0.717) is 49.9 Å². The fraction of sp³-hybridized carbons (Fsp3) is 0.529. The Labute approximate surface area is 160 Å². The molecule has 1 unspecified atom stereocenters. The van der Waals surface area contributed by atoms with Crippen LogP contribution in [-0.2, 0) is 22.4 Å². The van der Waals surface area contributed by atoms with Crippen LogP contribution in [0.3, 0.4) is 0 Å². The summed E-state index contributed by atoms with van der Waals surface area (Å²) in [5.41, 5.74) is 0.939. The predicted octanol–water partition coefficient (Wildman–Crippen LogP) is 0.209. The smallest absolute Gasteiger partial charge is 0.414 e. The first-order valence-corrected chi connectivity index (χ1v) is 9.12. The molecule has 150 valence electrons. The summed E-state index contributed by atoms with van der Waals surface area (Å²) < 4.78 is 25.3. The van der Waals surface area contributed by atoms with Gasteiger partial charge in [0.2, 0.25) is 0 Å². The Balaban J connectivity index is 1.42. The molecule has 2 saturated heterocycles. The molecule has 1 amide bonds. The number of nitrogens with zero attached hydrogens (tertiary/aromatic N) is 6. The SMILES string of the molecule is O=C1OC(Cn2nnc(CCO)n2)CN1c1ccc(N2CCOCC2)c(F)c1. The first-order valence-electron chi connectivity index (χ1n) is 9.12. The molecule has 0 spiro atoms. The molecule has 0 bridgehead atoms. The highest BCUT2D eigenvalue weighted by Crippen LogP contribution is 2.28. The van der Waals surface area contributed by atoms with E-state index in [2.05, 4.69) is 15.4 Å². The Bertz CT molecular complexity index is 841. The third kappa shape index (κ3) is 3.90. The van der Waals surface area contributed by atoms with E-state index in [4.69, 9.17) is 14.6 Å². The van der Waals surface area contributed by atoms with Crippen LogP contribution in [0.1, 0.15) is 5.82 Å². The van der Waals surface area contributed by atoms with Crippen molar-refractivity contribution >= 4 is 17.5 Å². The number of hydrogen-bond donors (Lipinski definition) is 1. The Kier molecular flexibility index (Phi) is 5.35. The Morgan fingerprint density at radius 2 is 2.11 bits per heavy atom. The van der Waals surface area contributed by atoms with Gasteiger partial charge in [-0.25, -0.2) is 9.18 Å². The van der Waals surface area contributed by atoms with Crippen molar-refractivity contribution in [1.29, 1.82) is 0 Å². The molecule has 1 N–H and O–H groups in total. The second-order valence-corrected chi connectivity index (χ2v) is 6.59. The van der Waals surface area contributed by atoms with Gasteiger partial charge in [0.15, 0.2) is 5.82 Å². The molecule has 1 atom stereocenters. The number of carbonyl (C=O) groups is 1. The van der Waals surface area contributed by atoms with Gasteiger partial charge in [0.25, 0.3) is 0 Å². The molecule has 0 saturated carbocycles. The number of ether oxygens (including phenoxy) is 2. The lowest BCUT2D eigenvalue weighted by molar-refractivity contribution is 0.122. The molecule has 2 aliphatic rings. The average molecular weight is 392 g/mol. The molecular weight excluding hydrogens is 371 g/mol. The van der Waals surface area contributed by atoms with Crippen molar-refractivity contribution in [2.75, 3.05) is 49.3 Å². The average Bonchev–Trinajstić information content (AvgIpc) is 3.29. The molecular formula is C17H21FN6O4. The maximum atomic E-state index is 14.6. The summed E-state index contributed by atoms with van der Waals surface area (Å²) in [6, 6.07) is 4.74. The second-order valence-electron chi connectivity index (χ2n) is 6.59. The molecule has 0 radical (unpaired) electrons. The highest BCUT2D eigenvalue weighted by molar-refractivity contribution is 5.90. The fourth-order valence-corrected chi connectivity index (χ4v) is 3.29. The number of carbonyl (C=O) groups excluding carboxylic acids is 1. The maximum Gasteiger partial charge on any atom is 0.414 e. The fourth-order valence-electron chi connectivity index (χ4n) is 3.29. The summed E-state index contributed by atoms with van der Waals surface area (Å²) in [5.74, 6) is 0.0340. The van der Waals surface area contributed by atoms with Gasteiger partial charge in [-0.15, -0.1) is 10.2 Å². The van der Waals surface area contributed by atoms with Gasteiger partial charge in [0.05, 0.1) is 37.7 Å². The zero-order valence-corrected chi connectivity index (χ0v) is 15.2. The van der Waals surface area contributed by atoms with Gasteiger partial charge < -0.3 is 19.5 Å². The summed E-state index contributed by atoms with van der Waals surface area (Å²) in [7, 11) is 0. The molecule has 0 aliphatic carbocycles. The van der Waals surface area contributed by atoms with E-state index in [9.17, 15) is 9.18 Å². The summed E-state index contributed by atoms with van der Waals surface area (Å²) in [5, 5.41) is 20.7. The van der Waals surface area contributed by atoms with Crippen LogP contribution in [0.4, 0.5) is 20.6 Å². The molecule has 3 heterocycles. The topological polar surface area (TPSA) is 106 Å². The first kappa shape index (κ1) is 18.6. The van der Waals surface area contributed by atoms with Crippen molar-refractivity contribution in [3.05, 3.63) is 29.8 Å². The van der Waals surface area contributed by atoms with Crippen LogP contribution in [0.2, 0.25) is 0 Å². The number of hydrogen-bond acceptors (Lipinski definition) is 8. The Morgan fingerprint density at radius 1 is 1.29 bits per heavy atom. The number of halogens is 1. The zero-order chi connectivity index (χ0) is 19.5. The number of aromatic nitrogens is 4. The van der Waals surface area contributed by atoms with E-state index in [-0.39, 0.29) is 25.5 Å². The summed E-state index contributed by atoms with van der Waals surface area (Å²) >= 11 is 0. The van der Waals surface area contributed by atoms with Crippen molar-refractivity contribution in [2.45, 2.75) is 19.1 Å². The van der Waals surface area contributed by atoms with Gasteiger partial charge in [-0.2, -0.15) is 4.80 Å². The van der Waals surface area contributed by atoms with Gasteiger partial charge in [0.1, 0.15) is 18.5 Å². The minimum Gasteiger partial charge on any atom is -0.442 e. The number of aliphatic hydroxyl groups is 1. The monoisotopic (exact) mass is 392 g/mol. The van der Waals surface area contributed by atoms with Gasteiger partial charge in [0, 0.05) is 19.5 Å². The van der Waals surface area contributed by atoms with Gasteiger partial charge in [-0.1, -0.05) is 0 Å². The molecule has 11 heteroatoms. The summed E-state index contributed by atoms with van der Waals surface area (Å²) in [4.78, 5) is 16.9. The number of cyclic esters (lactones) is 1. The molecule has 2 aliphatic heterocycles. The number of anilines is 2. The highest BCUT2D eigenvalue weighted by Gasteiger charge is 2.33. The molecule has 2 aromatic rings. The largest absolute Gasteiger partial charge is 0.442 e. The molecule has 28 heavy (non-hydrogen) atoms. The molecule has 1 aromatic carbocycles. The van der Waals surface area contributed by atoms with Crippen molar-refractivity contribution in [2.24, 2.45) is 0 Å². The van der Waals surface area contributed by atoms with E-state index < -0.39 is 12.2 Å². The van der Waals surface area contributed by atoms with Gasteiger partial charge in [-0.05, 0) is 23.4 Å². The van der Waals surface area contributed by atoms with Crippen LogP contribution in [0.5, 0.6) is 0 Å². The predicted molar refractivity (Wildman–Crippen MR) is 95.7 cm³/mol. The summed E-state index contributed by atoms with van der Waals surface area (Å²) in [6.45, 7) is 2.82. The number of aliphatic hydroxyl groups excluding tert-OH is 1. The van der Waals surface area contributed by atoms with Crippen molar-refractivity contribution in [3.63, 3.8) is 0 Å². The number of amides is 1. The maximum absolute atomic E-state index is 14.6. The van der Waals surface area contributed by atoms with Crippen molar-refractivity contribution in [1.82, 2.24) is 20.2 Å². The normalized spacial score (nSPS) is 19.9. The van der Waals surface area contributed by atoms with Crippen LogP contribution >= 0.6 is 0 Å². The standard InChI is InChI=1S/C17H21FN6O4/c18-14-9-12(1-2-15(14)22-4-7-27-8-5-22)23-10-13(28-17(23)26)11-24-20-16(3-6-25)19-21-24/h1-2,9,13,25H,3-8,10-11H2.